The summed E-state index contributed by atoms with van der Waals surface area (Å²) in [5.74, 6) is 0.979. The minimum Gasteiger partial charge on any atom is -0.307 e. The highest BCUT2D eigenvalue weighted by atomic mass is 32.2. The first kappa shape index (κ1) is 16.4. The summed E-state index contributed by atoms with van der Waals surface area (Å²) in [4.78, 5) is 12.5. The second-order valence-electron chi connectivity index (χ2n) is 6.73. The van der Waals surface area contributed by atoms with Crippen molar-refractivity contribution in [3.8, 4) is 0 Å². The molecule has 3 nitrogen and oxygen atoms in total. The van der Waals surface area contributed by atoms with Crippen LogP contribution in [0.1, 0.15) is 31.2 Å². The number of aryl methyl sites for hydroxylation is 1. The summed E-state index contributed by atoms with van der Waals surface area (Å²) in [5.41, 5.74) is 3.35. The fraction of sp³-hybridized carbons (Fsp3) is 0.333. The summed E-state index contributed by atoms with van der Waals surface area (Å²) in [6, 6.07) is 19.0. The SMILES string of the molecule is CSC1=NC(=Nc2ccccc2C)C2(CCCC2)N1c1ccccc1. The Balaban J connectivity index is 1.85. The second kappa shape index (κ2) is 6.68. The minimum atomic E-state index is -0.0953. The van der Waals surface area contributed by atoms with Crippen molar-refractivity contribution in [2.24, 2.45) is 9.98 Å². The van der Waals surface area contributed by atoms with E-state index in [0.29, 0.717) is 0 Å². The summed E-state index contributed by atoms with van der Waals surface area (Å²) in [6.07, 6.45) is 6.79. The van der Waals surface area contributed by atoms with Crippen molar-refractivity contribution in [2.45, 2.75) is 38.1 Å². The first-order chi connectivity index (χ1) is 12.2. The lowest BCUT2D eigenvalue weighted by Gasteiger charge is -2.36. The van der Waals surface area contributed by atoms with Crippen molar-refractivity contribution in [1.29, 1.82) is 0 Å². The highest BCUT2D eigenvalue weighted by Gasteiger charge is 2.50. The molecule has 0 radical (unpaired) electrons. The van der Waals surface area contributed by atoms with Crippen molar-refractivity contribution in [2.75, 3.05) is 11.2 Å². The minimum absolute atomic E-state index is 0.0953. The zero-order valence-electron chi connectivity index (χ0n) is 14.8. The maximum atomic E-state index is 5.04. The number of aliphatic imine (C=N–C) groups is 2. The Bertz CT molecular complexity index is 820. The van der Waals surface area contributed by atoms with Gasteiger partial charge >= 0.3 is 0 Å². The van der Waals surface area contributed by atoms with Gasteiger partial charge in [0.2, 0.25) is 0 Å². The van der Waals surface area contributed by atoms with Crippen LogP contribution in [0.15, 0.2) is 64.6 Å². The normalized spacial score (nSPS) is 20.5. The van der Waals surface area contributed by atoms with Crippen LogP contribution >= 0.6 is 11.8 Å². The predicted octanol–water partition coefficient (Wildman–Crippen LogP) is 5.58. The summed E-state index contributed by atoms with van der Waals surface area (Å²) >= 11 is 1.71. The molecule has 0 unspecified atom stereocenters. The van der Waals surface area contributed by atoms with Crippen LogP contribution in [0.4, 0.5) is 11.4 Å². The Morgan fingerprint density at radius 2 is 1.68 bits per heavy atom. The van der Waals surface area contributed by atoms with Gasteiger partial charge in [-0.2, -0.15) is 0 Å². The number of nitrogens with zero attached hydrogens (tertiary/aromatic N) is 3. The molecular formula is C21H23N3S. The van der Waals surface area contributed by atoms with Crippen LogP contribution in [0, 0.1) is 6.92 Å². The number of amidine groups is 2. The first-order valence-corrected chi connectivity index (χ1v) is 10.1. The van der Waals surface area contributed by atoms with Gasteiger partial charge in [-0.3, -0.25) is 0 Å². The molecule has 1 fully saturated rings. The molecule has 0 saturated heterocycles. The van der Waals surface area contributed by atoms with Crippen molar-refractivity contribution < 1.29 is 0 Å². The molecule has 0 bridgehead atoms. The van der Waals surface area contributed by atoms with Gasteiger partial charge in [0.25, 0.3) is 0 Å². The summed E-state index contributed by atoms with van der Waals surface area (Å²) < 4.78 is 0. The van der Waals surface area contributed by atoms with Crippen LogP contribution in [-0.4, -0.2) is 22.8 Å². The molecule has 128 valence electrons. The lowest BCUT2D eigenvalue weighted by atomic mass is 9.94. The van der Waals surface area contributed by atoms with E-state index in [1.165, 1.54) is 24.1 Å². The first-order valence-electron chi connectivity index (χ1n) is 8.87. The molecule has 4 heteroatoms. The van der Waals surface area contributed by atoms with E-state index < -0.39 is 0 Å². The van der Waals surface area contributed by atoms with Crippen molar-refractivity contribution in [3.05, 3.63) is 60.2 Å². The van der Waals surface area contributed by atoms with E-state index >= 15 is 0 Å². The van der Waals surface area contributed by atoms with E-state index in [1.807, 2.05) is 0 Å². The Hall–Kier alpha value is -2.07. The number of anilines is 1. The van der Waals surface area contributed by atoms with Crippen LogP contribution in [0.5, 0.6) is 0 Å². The van der Waals surface area contributed by atoms with Crippen LogP contribution in [0.2, 0.25) is 0 Å². The molecule has 1 heterocycles. The Morgan fingerprint density at radius 1 is 1.00 bits per heavy atom. The van der Waals surface area contributed by atoms with Crippen LogP contribution in [-0.2, 0) is 0 Å². The summed E-state index contributed by atoms with van der Waals surface area (Å²) in [6.45, 7) is 2.11. The maximum absolute atomic E-state index is 5.04. The second-order valence-corrected chi connectivity index (χ2v) is 7.50. The highest BCUT2D eigenvalue weighted by Crippen LogP contribution is 2.45. The van der Waals surface area contributed by atoms with Gasteiger partial charge in [0.1, 0.15) is 5.54 Å². The number of rotatable bonds is 2. The molecule has 1 spiro atoms. The molecule has 0 N–H and O–H groups in total. The number of thioether (sulfide) groups is 1. The zero-order valence-corrected chi connectivity index (χ0v) is 15.6. The summed E-state index contributed by atoms with van der Waals surface area (Å²) in [7, 11) is 0. The van der Waals surface area contributed by atoms with Crippen LogP contribution < -0.4 is 4.90 Å². The van der Waals surface area contributed by atoms with Crippen LogP contribution in [0.25, 0.3) is 0 Å². The van der Waals surface area contributed by atoms with Crippen molar-refractivity contribution in [1.82, 2.24) is 0 Å². The molecule has 0 atom stereocenters. The van der Waals surface area contributed by atoms with E-state index in [9.17, 15) is 0 Å². The van der Waals surface area contributed by atoms with Gasteiger partial charge in [0.05, 0.1) is 5.69 Å². The Kier molecular flexibility index (Phi) is 4.38. The lowest BCUT2D eigenvalue weighted by Crippen LogP contribution is -2.49. The third-order valence-corrected chi connectivity index (χ3v) is 5.85. The average molecular weight is 350 g/mol. The maximum Gasteiger partial charge on any atom is 0.170 e. The van der Waals surface area contributed by atoms with E-state index in [4.69, 9.17) is 9.98 Å². The predicted molar refractivity (Wildman–Crippen MR) is 109 cm³/mol. The van der Waals surface area contributed by atoms with Gasteiger partial charge in [-0.1, -0.05) is 61.0 Å². The standard InChI is InChI=1S/C21H23N3S/c1-16-10-6-7-13-18(16)22-19-21(14-8-9-15-21)24(20(23-19)25-2)17-11-4-3-5-12-17/h3-7,10-13H,8-9,14-15H2,1-2H3. The topological polar surface area (TPSA) is 28.0 Å². The monoisotopic (exact) mass is 349 g/mol. The molecule has 1 saturated carbocycles. The number of benzene rings is 2. The van der Waals surface area contributed by atoms with Gasteiger partial charge in [-0.25, -0.2) is 9.98 Å². The largest absolute Gasteiger partial charge is 0.307 e. The third-order valence-electron chi connectivity index (χ3n) is 5.21. The highest BCUT2D eigenvalue weighted by molar-refractivity contribution is 8.13. The van der Waals surface area contributed by atoms with Crippen LogP contribution in [0.3, 0.4) is 0 Å². The van der Waals surface area contributed by atoms with E-state index in [-0.39, 0.29) is 5.54 Å². The molecule has 2 aromatic carbocycles. The van der Waals surface area contributed by atoms with Crippen molar-refractivity contribution >= 4 is 34.1 Å². The van der Waals surface area contributed by atoms with E-state index in [0.717, 1.165) is 29.5 Å². The van der Waals surface area contributed by atoms with E-state index in [1.54, 1.807) is 11.8 Å². The molecule has 2 aliphatic rings. The molecule has 0 aromatic heterocycles. The number of hydrogen-bond acceptors (Lipinski definition) is 3. The summed E-state index contributed by atoms with van der Waals surface area (Å²) in [5, 5.41) is 1.06. The molecule has 4 rings (SSSR count). The van der Waals surface area contributed by atoms with Crippen molar-refractivity contribution in [3.63, 3.8) is 0 Å². The molecule has 1 aliphatic carbocycles. The van der Waals surface area contributed by atoms with Gasteiger partial charge in [-0.05, 0) is 49.8 Å². The van der Waals surface area contributed by atoms with Gasteiger partial charge in [0.15, 0.2) is 11.0 Å². The van der Waals surface area contributed by atoms with Gasteiger partial charge < -0.3 is 4.90 Å². The van der Waals surface area contributed by atoms with E-state index in [2.05, 4.69) is 72.7 Å². The molecule has 1 aliphatic heterocycles. The fourth-order valence-electron chi connectivity index (χ4n) is 3.94. The Morgan fingerprint density at radius 3 is 2.36 bits per heavy atom. The zero-order chi connectivity index (χ0) is 17.3. The van der Waals surface area contributed by atoms with Gasteiger partial charge in [-0.15, -0.1) is 0 Å². The molecule has 25 heavy (non-hydrogen) atoms. The quantitative estimate of drug-likeness (QED) is 0.708. The number of para-hydroxylation sites is 2. The molecule has 2 aromatic rings. The smallest absolute Gasteiger partial charge is 0.170 e. The fourth-order valence-corrected chi connectivity index (χ4v) is 4.58. The number of hydrogen-bond donors (Lipinski definition) is 0. The Labute approximate surface area is 153 Å². The molecular weight excluding hydrogens is 326 g/mol. The average Bonchev–Trinajstić information content (AvgIpc) is 3.24. The molecule has 0 amide bonds. The van der Waals surface area contributed by atoms with Gasteiger partial charge in [0, 0.05) is 5.69 Å². The lowest BCUT2D eigenvalue weighted by molar-refractivity contribution is 0.592. The third kappa shape index (κ3) is 2.78.